The van der Waals surface area contributed by atoms with E-state index in [2.05, 4.69) is 48.5 Å². The average Bonchev–Trinajstić information content (AvgIpc) is 3.96. The van der Waals surface area contributed by atoms with Crippen LogP contribution in [-0.4, -0.2) is 66.9 Å². The first-order valence-electron chi connectivity index (χ1n) is 21.5. The first-order valence-corrected chi connectivity index (χ1v) is 24.5. The fourth-order valence-corrected chi connectivity index (χ4v) is 14.4. The van der Waals surface area contributed by atoms with Crippen molar-refractivity contribution in [2.24, 2.45) is 5.92 Å². The lowest BCUT2D eigenvalue weighted by atomic mass is 9.82. The van der Waals surface area contributed by atoms with Gasteiger partial charge in [0.25, 0.3) is 5.91 Å². The lowest BCUT2D eigenvalue weighted by Gasteiger charge is -2.37. The lowest BCUT2D eigenvalue weighted by Crippen LogP contribution is -2.51. The third-order valence-corrected chi connectivity index (χ3v) is 18.0. The zero-order valence-corrected chi connectivity index (χ0v) is 36.9. The number of aromatic nitrogens is 3. The van der Waals surface area contributed by atoms with E-state index in [0.717, 1.165) is 51.5 Å². The smallest absolute Gasteiger partial charge is 0.264 e. The highest BCUT2D eigenvalue weighted by atomic mass is 28.3. The highest BCUT2D eigenvalue weighted by Gasteiger charge is 2.66. The van der Waals surface area contributed by atoms with Crippen LogP contribution in [-0.2, 0) is 39.4 Å². The summed E-state index contributed by atoms with van der Waals surface area (Å²) < 4.78 is 20.6. The Kier molecular flexibility index (Phi) is 11.1. The fourth-order valence-electron chi connectivity index (χ4n) is 10.4. The van der Waals surface area contributed by atoms with E-state index in [1.807, 2.05) is 119 Å². The molecule has 1 spiro atoms. The van der Waals surface area contributed by atoms with Gasteiger partial charge in [0.2, 0.25) is 5.91 Å². The van der Waals surface area contributed by atoms with Gasteiger partial charge in [-0.05, 0) is 83.6 Å². The van der Waals surface area contributed by atoms with Crippen molar-refractivity contribution in [3.8, 4) is 11.5 Å². The third-order valence-electron chi connectivity index (χ3n) is 13.6. The number of hydrogen-bond acceptors (Lipinski definition) is 8. The van der Waals surface area contributed by atoms with Crippen molar-refractivity contribution in [3.63, 3.8) is 0 Å². The Morgan fingerprint density at radius 3 is 2.29 bits per heavy atom. The highest BCUT2D eigenvalue weighted by molar-refractivity contribution is 6.91. The molecule has 3 aliphatic heterocycles. The normalized spacial score (nSPS) is 21.3. The fraction of sp³-hybridized carbons (Fsp3) is 0.320. The molecule has 318 valence electrons. The number of carbonyl (C=O) groups excluding carboxylic acids is 2. The van der Waals surface area contributed by atoms with Crippen molar-refractivity contribution < 1.29 is 28.9 Å². The van der Waals surface area contributed by atoms with E-state index in [1.165, 1.54) is 5.19 Å². The summed E-state index contributed by atoms with van der Waals surface area (Å²) in [6, 6.07) is 40.1. The molecule has 1 saturated heterocycles. The number of carbonyl (C=O) groups is 2. The molecule has 12 heteroatoms. The van der Waals surface area contributed by atoms with E-state index < -0.39 is 13.7 Å². The quantitative estimate of drug-likeness (QED) is 0.117. The Hall–Kier alpha value is -6.08. The second kappa shape index (κ2) is 16.7. The number of hydrogen-bond donors (Lipinski definition) is 1. The molecule has 1 N–H and O–H groups in total. The SMILES string of the molecule is COc1ccc([Si](C)(C)[C@@H]2[C@@H](CCn3cc(C(CO)c4ccccc4)nn3)O[C@]3(C(=O)N(Cc4ccc(N5C(=O)CCc6ccccc65)cc4)c4ccc(OC)cc43)[C@H]2C)cc1. The Balaban J connectivity index is 1.05. The highest BCUT2D eigenvalue weighted by Crippen LogP contribution is 2.60. The summed E-state index contributed by atoms with van der Waals surface area (Å²) >= 11 is 0. The number of amides is 2. The number of nitrogens with zero attached hydrogens (tertiary/aromatic N) is 5. The summed E-state index contributed by atoms with van der Waals surface area (Å²) in [7, 11) is 0.902. The summed E-state index contributed by atoms with van der Waals surface area (Å²) in [5.74, 6) is 0.918. The van der Waals surface area contributed by atoms with Gasteiger partial charge < -0.3 is 24.2 Å². The Labute approximate surface area is 363 Å². The molecule has 0 aliphatic carbocycles. The van der Waals surface area contributed by atoms with Crippen molar-refractivity contribution in [1.29, 1.82) is 0 Å². The van der Waals surface area contributed by atoms with Crippen molar-refractivity contribution in [2.75, 3.05) is 30.6 Å². The molecule has 1 unspecified atom stereocenters. The summed E-state index contributed by atoms with van der Waals surface area (Å²) in [5.41, 5.74) is 5.82. The molecule has 2 amide bonds. The molecule has 1 aromatic heterocycles. The Bertz CT molecular complexity index is 2580. The van der Waals surface area contributed by atoms with Crippen LogP contribution in [0.3, 0.4) is 0 Å². The zero-order chi connectivity index (χ0) is 43.2. The van der Waals surface area contributed by atoms with Gasteiger partial charge in [-0.3, -0.25) is 19.2 Å². The van der Waals surface area contributed by atoms with Gasteiger partial charge >= 0.3 is 0 Å². The second-order valence-electron chi connectivity index (χ2n) is 17.3. The maximum absolute atomic E-state index is 15.5. The molecular weight excluding hydrogens is 795 g/mol. The van der Waals surface area contributed by atoms with E-state index in [1.54, 1.807) is 19.1 Å². The van der Waals surface area contributed by atoms with Crippen LogP contribution < -0.4 is 24.5 Å². The molecule has 4 heterocycles. The number of aryl methyl sites for hydroxylation is 2. The number of ether oxygens (including phenoxy) is 3. The second-order valence-corrected chi connectivity index (χ2v) is 22.0. The number of aliphatic hydroxyl groups is 1. The molecule has 62 heavy (non-hydrogen) atoms. The van der Waals surface area contributed by atoms with Gasteiger partial charge in [-0.25, -0.2) is 0 Å². The number of anilines is 3. The van der Waals surface area contributed by atoms with Crippen molar-refractivity contribution >= 4 is 42.1 Å². The Morgan fingerprint density at radius 1 is 0.855 bits per heavy atom. The van der Waals surface area contributed by atoms with Crippen LogP contribution in [0.4, 0.5) is 17.1 Å². The topological polar surface area (TPSA) is 119 Å². The molecule has 3 aliphatic rings. The van der Waals surface area contributed by atoms with Crippen LogP contribution in [0.1, 0.15) is 53.6 Å². The van der Waals surface area contributed by atoms with Gasteiger partial charge in [-0.1, -0.05) is 103 Å². The molecule has 0 radical (unpaired) electrons. The Morgan fingerprint density at radius 2 is 1.56 bits per heavy atom. The standard InChI is InChI=1S/C50H53N5O6Si/c1-33-48(62(4,5)40-23-20-38(59-2)21-24-40)46(27-28-53-31-43(51-52-53)41(32-56)35-11-7-6-8-12-35)61-50(33)42-29-39(60-3)22-25-45(42)54(49(50)58)30-34-15-18-37(19-16-34)55-44-14-10-9-13-36(44)17-26-47(55)57/h6-16,18-25,29,31,33,41,46,48,56H,17,26-28,30,32H2,1-5H3/t33-,41?,46+,48-,50+/m0/s1. The van der Waals surface area contributed by atoms with Gasteiger partial charge in [0.05, 0.1) is 64.5 Å². The molecule has 11 nitrogen and oxygen atoms in total. The van der Waals surface area contributed by atoms with Gasteiger partial charge in [0, 0.05) is 36.3 Å². The number of benzene rings is 5. The monoisotopic (exact) mass is 847 g/mol. The predicted octanol–water partition coefficient (Wildman–Crippen LogP) is 7.88. The van der Waals surface area contributed by atoms with Gasteiger partial charge in [-0.2, -0.15) is 0 Å². The molecule has 6 aromatic rings. The minimum atomic E-state index is -2.42. The van der Waals surface area contributed by atoms with Crippen molar-refractivity contribution in [3.05, 3.63) is 155 Å². The summed E-state index contributed by atoms with van der Waals surface area (Å²) in [5, 5.41) is 20.6. The van der Waals surface area contributed by atoms with E-state index in [4.69, 9.17) is 14.2 Å². The maximum Gasteiger partial charge on any atom is 0.264 e. The maximum atomic E-state index is 15.5. The van der Waals surface area contributed by atoms with Crippen LogP contribution in [0.25, 0.3) is 0 Å². The molecule has 5 atom stereocenters. The summed E-state index contributed by atoms with van der Waals surface area (Å²) in [6.07, 6.45) is 3.39. The number of aliphatic hydroxyl groups excluding tert-OH is 1. The van der Waals surface area contributed by atoms with Gasteiger partial charge in [0.15, 0.2) is 5.60 Å². The molecule has 5 aromatic carbocycles. The van der Waals surface area contributed by atoms with Crippen LogP contribution in [0, 0.1) is 5.92 Å². The van der Waals surface area contributed by atoms with E-state index in [0.29, 0.717) is 37.4 Å². The summed E-state index contributed by atoms with van der Waals surface area (Å²) in [4.78, 5) is 32.4. The van der Waals surface area contributed by atoms with Crippen LogP contribution in [0.15, 0.2) is 128 Å². The van der Waals surface area contributed by atoms with E-state index >= 15 is 4.79 Å². The molecule has 9 rings (SSSR count). The first kappa shape index (κ1) is 41.3. The number of rotatable bonds is 13. The molecular formula is C50H53N5O6Si. The average molecular weight is 848 g/mol. The predicted molar refractivity (Wildman–Crippen MR) is 242 cm³/mol. The van der Waals surface area contributed by atoms with E-state index in [9.17, 15) is 9.90 Å². The molecule has 0 bridgehead atoms. The van der Waals surface area contributed by atoms with Gasteiger partial charge in [0.1, 0.15) is 11.5 Å². The van der Waals surface area contributed by atoms with Crippen LogP contribution >= 0.6 is 0 Å². The zero-order valence-electron chi connectivity index (χ0n) is 35.9. The largest absolute Gasteiger partial charge is 0.497 e. The molecule has 0 saturated carbocycles. The third kappa shape index (κ3) is 7.09. The van der Waals surface area contributed by atoms with Crippen LogP contribution in [0.2, 0.25) is 18.6 Å². The molecule has 1 fully saturated rings. The number of methoxy groups -OCH3 is 2. The minimum absolute atomic E-state index is 0.0144. The van der Waals surface area contributed by atoms with Crippen LogP contribution in [0.5, 0.6) is 11.5 Å². The van der Waals surface area contributed by atoms with Crippen molar-refractivity contribution in [2.45, 2.75) is 75.5 Å². The van der Waals surface area contributed by atoms with Gasteiger partial charge in [-0.15, -0.1) is 5.10 Å². The number of fused-ring (bicyclic) bond motifs is 3. The van der Waals surface area contributed by atoms with Crippen molar-refractivity contribution in [1.82, 2.24) is 15.0 Å². The summed E-state index contributed by atoms with van der Waals surface area (Å²) in [6.45, 7) is 7.69. The number of para-hydroxylation sites is 1. The first-order chi connectivity index (χ1) is 30.1. The van der Waals surface area contributed by atoms with E-state index in [-0.39, 0.29) is 41.9 Å². The minimum Gasteiger partial charge on any atom is -0.497 e. The lowest BCUT2D eigenvalue weighted by molar-refractivity contribution is -0.146.